The summed E-state index contributed by atoms with van der Waals surface area (Å²) in [5, 5.41) is 23.5. The van der Waals surface area contributed by atoms with Crippen LogP contribution >= 0.6 is 0 Å². The van der Waals surface area contributed by atoms with E-state index in [2.05, 4.69) is 20.7 Å². The van der Waals surface area contributed by atoms with E-state index in [1.807, 2.05) is 0 Å². The van der Waals surface area contributed by atoms with Gasteiger partial charge in [-0.05, 0) is 22.6 Å². The number of benzene rings is 2. The number of aryl methyl sites for hydroxylation is 1. The first-order valence-corrected chi connectivity index (χ1v) is 6.76. The van der Waals surface area contributed by atoms with Crippen molar-refractivity contribution in [2.45, 2.75) is 0 Å². The number of rotatable bonds is 4. The number of hydrogen-bond acceptors (Lipinski definition) is 6. The van der Waals surface area contributed by atoms with E-state index in [9.17, 15) is 14.0 Å². The molecule has 0 spiro atoms. The van der Waals surface area contributed by atoms with E-state index < -0.39 is 11.6 Å². The van der Waals surface area contributed by atoms with Crippen molar-refractivity contribution in [2.75, 3.05) is 0 Å². The van der Waals surface area contributed by atoms with Crippen molar-refractivity contribution in [1.29, 1.82) is 0 Å². The van der Waals surface area contributed by atoms with Crippen molar-refractivity contribution < 1.29 is 18.7 Å². The topological polar surface area (TPSA) is 85.4 Å². The predicted octanol–water partition coefficient (Wildman–Crippen LogP) is 2.51. The third kappa shape index (κ3) is 3.05. The molecule has 1 heterocycles. The molecule has 3 rings (SSSR count). The lowest BCUT2D eigenvalue weighted by Crippen LogP contribution is -2.12. The average molecular weight is 331 g/mol. The van der Waals surface area contributed by atoms with Gasteiger partial charge in [0, 0.05) is 25.2 Å². The summed E-state index contributed by atoms with van der Waals surface area (Å²) in [7, 11) is 1.58. The van der Waals surface area contributed by atoms with E-state index in [1.165, 1.54) is 4.68 Å². The first-order valence-electron chi connectivity index (χ1n) is 6.76. The van der Waals surface area contributed by atoms with Gasteiger partial charge in [-0.2, -0.15) is 0 Å². The Morgan fingerprint density at radius 2 is 1.88 bits per heavy atom. The molecule has 9 heteroatoms. The second-order valence-corrected chi connectivity index (χ2v) is 4.78. The van der Waals surface area contributed by atoms with Crippen LogP contribution in [0.1, 0.15) is 11.4 Å². The standard InChI is InChI=1S/C15H11F2N5O2/c1-22-15(18-20-21-22)14(19-23)12-4-2-3-5-13(12)24-11-7-9(16)6-10(17)8-11/h2-8,23H,1H3/b19-14-. The van der Waals surface area contributed by atoms with Gasteiger partial charge in [-0.3, -0.25) is 0 Å². The number of tetrazole rings is 1. The average Bonchev–Trinajstić information content (AvgIpc) is 2.95. The van der Waals surface area contributed by atoms with Crippen molar-refractivity contribution in [3.05, 3.63) is 65.5 Å². The quantitative estimate of drug-likeness (QED) is 0.451. The Morgan fingerprint density at radius 3 is 2.50 bits per heavy atom. The lowest BCUT2D eigenvalue weighted by Gasteiger charge is -2.11. The first kappa shape index (κ1) is 15.5. The van der Waals surface area contributed by atoms with Crippen molar-refractivity contribution in [1.82, 2.24) is 20.2 Å². The minimum atomic E-state index is -0.768. The van der Waals surface area contributed by atoms with Gasteiger partial charge < -0.3 is 9.94 Å². The number of nitrogens with zero attached hydrogens (tertiary/aromatic N) is 5. The highest BCUT2D eigenvalue weighted by atomic mass is 19.1. The van der Waals surface area contributed by atoms with Crippen LogP contribution in [0.25, 0.3) is 0 Å². The molecule has 0 saturated carbocycles. The largest absolute Gasteiger partial charge is 0.456 e. The molecule has 0 aliphatic rings. The summed E-state index contributed by atoms with van der Waals surface area (Å²) >= 11 is 0. The van der Waals surface area contributed by atoms with E-state index in [1.54, 1.807) is 31.3 Å². The number of para-hydroxylation sites is 1. The monoisotopic (exact) mass is 331 g/mol. The molecule has 0 atom stereocenters. The molecule has 2 aromatic carbocycles. The van der Waals surface area contributed by atoms with Crippen molar-refractivity contribution in [2.24, 2.45) is 12.2 Å². The second-order valence-electron chi connectivity index (χ2n) is 4.78. The molecule has 0 aliphatic carbocycles. The van der Waals surface area contributed by atoms with Gasteiger partial charge in [0.1, 0.15) is 23.1 Å². The molecule has 0 unspecified atom stereocenters. The minimum absolute atomic E-state index is 0.0340. The highest BCUT2D eigenvalue weighted by molar-refractivity contribution is 6.12. The third-order valence-electron chi connectivity index (χ3n) is 3.14. The van der Waals surface area contributed by atoms with Gasteiger partial charge in [-0.1, -0.05) is 17.3 Å². The van der Waals surface area contributed by atoms with Gasteiger partial charge in [0.25, 0.3) is 0 Å². The molecular formula is C15H11F2N5O2. The summed E-state index contributed by atoms with van der Waals surface area (Å²) in [4.78, 5) is 0. The Labute approximate surface area is 134 Å². The molecule has 0 radical (unpaired) electrons. The smallest absolute Gasteiger partial charge is 0.204 e. The fraction of sp³-hybridized carbons (Fsp3) is 0.0667. The fourth-order valence-corrected chi connectivity index (χ4v) is 2.11. The van der Waals surface area contributed by atoms with Crippen LogP contribution in [0.3, 0.4) is 0 Å². The van der Waals surface area contributed by atoms with Gasteiger partial charge in [-0.25, -0.2) is 13.5 Å². The fourth-order valence-electron chi connectivity index (χ4n) is 2.11. The zero-order valence-corrected chi connectivity index (χ0v) is 12.4. The Hall–Kier alpha value is -3.36. The summed E-state index contributed by atoms with van der Waals surface area (Å²) in [5.74, 6) is -1.15. The predicted molar refractivity (Wildman–Crippen MR) is 79.1 cm³/mol. The summed E-state index contributed by atoms with van der Waals surface area (Å²) < 4.78 is 33.5. The van der Waals surface area contributed by atoms with Gasteiger partial charge in [-0.15, -0.1) is 5.10 Å². The Balaban J connectivity index is 2.03. The van der Waals surface area contributed by atoms with Crippen LogP contribution in [-0.4, -0.2) is 31.1 Å². The van der Waals surface area contributed by atoms with Crippen LogP contribution in [0.5, 0.6) is 11.5 Å². The zero-order valence-electron chi connectivity index (χ0n) is 12.4. The number of hydrogen-bond donors (Lipinski definition) is 1. The van der Waals surface area contributed by atoms with E-state index >= 15 is 0 Å². The van der Waals surface area contributed by atoms with Crippen LogP contribution in [-0.2, 0) is 7.05 Å². The van der Waals surface area contributed by atoms with Gasteiger partial charge in [0.15, 0.2) is 5.71 Å². The minimum Gasteiger partial charge on any atom is -0.456 e. The lowest BCUT2D eigenvalue weighted by atomic mass is 10.1. The van der Waals surface area contributed by atoms with E-state index in [0.29, 0.717) is 5.56 Å². The van der Waals surface area contributed by atoms with Crippen molar-refractivity contribution in [3.63, 3.8) is 0 Å². The summed E-state index contributed by atoms with van der Waals surface area (Å²) in [6, 6.07) is 9.34. The molecule has 0 amide bonds. The van der Waals surface area contributed by atoms with Gasteiger partial charge in [0.2, 0.25) is 5.82 Å². The molecule has 24 heavy (non-hydrogen) atoms. The van der Waals surface area contributed by atoms with Gasteiger partial charge in [0.05, 0.1) is 5.56 Å². The van der Waals surface area contributed by atoms with Crippen LogP contribution in [0.2, 0.25) is 0 Å². The second kappa shape index (κ2) is 6.41. The third-order valence-corrected chi connectivity index (χ3v) is 3.14. The number of aromatic nitrogens is 4. The van der Waals surface area contributed by atoms with E-state index in [-0.39, 0.29) is 23.0 Å². The maximum Gasteiger partial charge on any atom is 0.204 e. The van der Waals surface area contributed by atoms with Crippen LogP contribution in [0.15, 0.2) is 47.6 Å². The molecule has 0 fully saturated rings. The summed E-state index contributed by atoms with van der Waals surface area (Å²) in [5.41, 5.74) is 0.401. The normalized spacial score (nSPS) is 11.5. The van der Waals surface area contributed by atoms with Crippen LogP contribution in [0, 0.1) is 11.6 Å². The highest BCUT2D eigenvalue weighted by Crippen LogP contribution is 2.28. The Bertz CT molecular complexity index is 890. The van der Waals surface area contributed by atoms with Crippen molar-refractivity contribution in [3.8, 4) is 11.5 Å². The molecule has 0 bridgehead atoms. The Morgan fingerprint density at radius 1 is 1.17 bits per heavy atom. The van der Waals surface area contributed by atoms with Gasteiger partial charge >= 0.3 is 0 Å². The molecular weight excluding hydrogens is 320 g/mol. The molecule has 122 valence electrons. The van der Waals surface area contributed by atoms with Crippen molar-refractivity contribution >= 4 is 5.71 Å². The number of ether oxygens (including phenoxy) is 1. The van der Waals surface area contributed by atoms with E-state index in [4.69, 9.17) is 4.74 Å². The molecule has 1 aromatic heterocycles. The van der Waals surface area contributed by atoms with Crippen LogP contribution in [0.4, 0.5) is 8.78 Å². The highest BCUT2D eigenvalue weighted by Gasteiger charge is 2.19. The number of oxime groups is 1. The molecule has 0 aliphatic heterocycles. The van der Waals surface area contributed by atoms with E-state index in [0.717, 1.165) is 18.2 Å². The zero-order chi connectivity index (χ0) is 17.1. The lowest BCUT2D eigenvalue weighted by molar-refractivity contribution is 0.319. The first-order chi connectivity index (χ1) is 11.6. The molecule has 0 saturated heterocycles. The molecule has 1 N–H and O–H groups in total. The SMILES string of the molecule is Cn1nnnc1/C(=N\O)c1ccccc1Oc1cc(F)cc(F)c1. The summed E-state index contributed by atoms with van der Waals surface area (Å²) in [6.07, 6.45) is 0. The van der Waals surface area contributed by atoms with Crippen LogP contribution < -0.4 is 4.74 Å². The number of halogens is 2. The molecule has 7 nitrogen and oxygen atoms in total. The summed E-state index contributed by atoms with van der Waals surface area (Å²) in [6.45, 7) is 0. The Kier molecular flexibility index (Phi) is 4.15. The molecule has 3 aromatic rings. The maximum absolute atomic E-state index is 13.3. The maximum atomic E-state index is 13.3.